The highest BCUT2D eigenvalue weighted by atomic mass is 32.2. The fourth-order valence-electron chi connectivity index (χ4n) is 4.10. The third kappa shape index (κ3) is 5.21. The molecule has 1 fully saturated rings. The third-order valence-electron chi connectivity index (χ3n) is 5.89. The number of nitrogen functional groups attached to an aromatic ring is 1. The lowest BCUT2D eigenvalue weighted by molar-refractivity contribution is -0.133. The summed E-state index contributed by atoms with van der Waals surface area (Å²) >= 11 is 1.65. The Balaban J connectivity index is 1.26. The first-order chi connectivity index (χ1) is 15.9. The summed E-state index contributed by atoms with van der Waals surface area (Å²) in [6.45, 7) is 2.31. The van der Waals surface area contributed by atoms with Crippen molar-refractivity contribution in [2.45, 2.75) is 25.1 Å². The summed E-state index contributed by atoms with van der Waals surface area (Å²) in [6.07, 6.45) is 2.36. The van der Waals surface area contributed by atoms with Crippen molar-refractivity contribution in [1.82, 2.24) is 24.8 Å². The number of aromatic amines is 1. The van der Waals surface area contributed by atoms with E-state index in [1.54, 1.807) is 35.0 Å². The first-order valence-corrected chi connectivity index (χ1v) is 12.0. The molecular formula is C21H27N7O4S. The van der Waals surface area contributed by atoms with Gasteiger partial charge in [0, 0.05) is 62.4 Å². The number of fused-ring (bicyclic) bond motifs is 1. The Morgan fingerprint density at radius 2 is 2.00 bits per heavy atom. The highest BCUT2D eigenvalue weighted by Crippen LogP contribution is 2.21. The Bertz CT molecular complexity index is 1150. The molecule has 0 saturated carbocycles. The molecule has 0 atom stereocenters. The number of nitrogens with two attached hydrogens (primary N) is 1. The van der Waals surface area contributed by atoms with E-state index in [4.69, 9.17) is 5.73 Å². The Morgan fingerprint density at radius 3 is 2.76 bits per heavy atom. The second-order valence-corrected chi connectivity index (χ2v) is 9.05. The third-order valence-corrected chi connectivity index (χ3v) is 6.88. The fourth-order valence-corrected chi connectivity index (χ4v) is 5.08. The first-order valence-electron chi connectivity index (χ1n) is 10.9. The van der Waals surface area contributed by atoms with Crippen LogP contribution in [0.1, 0.15) is 17.7 Å². The van der Waals surface area contributed by atoms with E-state index >= 15 is 0 Å². The maximum atomic E-state index is 12.5. The van der Waals surface area contributed by atoms with Gasteiger partial charge in [-0.05, 0) is 24.3 Å². The number of hydrogen-bond acceptors (Lipinski definition) is 8. The zero-order valence-electron chi connectivity index (χ0n) is 18.2. The van der Waals surface area contributed by atoms with E-state index in [0.29, 0.717) is 55.3 Å². The van der Waals surface area contributed by atoms with Crippen LogP contribution in [0.5, 0.6) is 0 Å². The summed E-state index contributed by atoms with van der Waals surface area (Å²) < 4.78 is 1.47. The number of thioether (sulfide) groups is 1. The monoisotopic (exact) mass is 473 g/mol. The maximum Gasteiger partial charge on any atom is 0.328 e. The minimum absolute atomic E-state index is 0.0472. The molecule has 4 rings (SSSR count). The number of nitrogens with one attached hydrogen (secondary N) is 2. The lowest BCUT2D eigenvalue weighted by Gasteiger charge is -2.35. The second kappa shape index (κ2) is 10.1. The topological polar surface area (TPSA) is 146 Å². The van der Waals surface area contributed by atoms with E-state index in [1.165, 1.54) is 4.57 Å². The molecule has 0 aliphatic carbocycles. The quantitative estimate of drug-likeness (QED) is 0.492. The van der Waals surface area contributed by atoms with Gasteiger partial charge in [0.05, 0.1) is 12.2 Å². The lowest BCUT2D eigenvalue weighted by Crippen LogP contribution is -2.51. The minimum atomic E-state index is -0.499. The van der Waals surface area contributed by atoms with Gasteiger partial charge >= 0.3 is 5.69 Å². The van der Waals surface area contributed by atoms with Gasteiger partial charge in [-0.15, -0.1) is 0 Å². The predicted octanol–water partition coefficient (Wildman–Crippen LogP) is -0.842. The number of carbonyl (C=O) groups is 2. The molecule has 2 aliphatic rings. The van der Waals surface area contributed by atoms with Crippen LogP contribution in [0.15, 0.2) is 27.9 Å². The molecule has 2 aromatic rings. The molecule has 0 bridgehead atoms. The Hall–Kier alpha value is -3.28. The fraction of sp³-hybridized carbons (Fsp3) is 0.476. The SMILES string of the molecule is Nc1cccnc1N1CCN(C(=O)CNC(=O)CCn2c3c(c(=O)[nH]c2=O)CSCC3)CC1. The van der Waals surface area contributed by atoms with Crippen molar-refractivity contribution in [3.05, 3.63) is 50.4 Å². The van der Waals surface area contributed by atoms with Gasteiger partial charge in [0.15, 0.2) is 5.82 Å². The number of aromatic nitrogens is 3. The Kier molecular flexibility index (Phi) is 7.02. The van der Waals surface area contributed by atoms with Crippen LogP contribution < -0.4 is 27.2 Å². The number of pyridine rings is 1. The molecule has 0 spiro atoms. The van der Waals surface area contributed by atoms with Crippen molar-refractivity contribution in [2.75, 3.05) is 49.1 Å². The molecule has 2 amide bonds. The van der Waals surface area contributed by atoms with Crippen LogP contribution in [0.4, 0.5) is 11.5 Å². The van der Waals surface area contributed by atoms with Gasteiger partial charge in [-0.1, -0.05) is 0 Å². The summed E-state index contributed by atoms with van der Waals surface area (Å²) in [5.41, 5.74) is 7.05. The summed E-state index contributed by atoms with van der Waals surface area (Å²) in [7, 11) is 0. The number of H-pyrrole nitrogens is 1. The van der Waals surface area contributed by atoms with E-state index in [1.807, 2.05) is 4.90 Å². The van der Waals surface area contributed by atoms with Crippen LogP contribution in [-0.4, -0.2) is 69.7 Å². The van der Waals surface area contributed by atoms with Crippen LogP contribution in [0.3, 0.4) is 0 Å². The summed E-state index contributed by atoms with van der Waals surface area (Å²) in [6, 6.07) is 3.58. The summed E-state index contributed by atoms with van der Waals surface area (Å²) in [4.78, 5) is 59.5. The van der Waals surface area contributed by atoms with Crippen molar-refractivity contribution < 1.29 is 9.59 Å². The Morgan fingerprint density at radius 1 is 1.21 bits per heavy atom. The number of anilines is 2. The number of nitrogens with zero attached hydrogens (tertiary/aromatic N) is 4. The molecule has 4 heterocycles. The van der Waals surface area contributed by atoms with Gasteiger partial charge in [0.1, 0.15) is 0 Å². The van der Waals surface area contributed by atoms with Gasteiger partial charge < -0.3 is 20.9 Å². The average molecular weight is 474 g/mol. The first kappa shape index (κ1) is 22.9. The van der Waals surface area contributed by atoms with Crippen LogP contribution >= 0.6 is 11.8 Å². The molecule has 2 aromatic heterocycles. The van der Waals surface area contributed by atoms with Gasteiger partial charge in [-0.25, -0.2) is 9.78 Å². The predicted molar refractivity (Wildman–Crippen MR) is 126 cm³/mol. The highest BCUT2D eigenvalue weighted by molar-refractivity contribution is 7.98. The molecule has 12 heteroatoms. The lowest BCUT2D eigenvalue weighted by atomic mass is 10.2. The number of piperazine rings is 1. The van der Waals surface area contributed by atoms with E-state index < -0.39 is 5.69 Å². The second-order valence-electron chi connectivity index (χ2n) is 7.95. The molecule has 33 heavy (non-hydrogen) atoms. The maximum absolute atomic E-state index is 12.5. The molecule has 0 radical (unpaired) electrons. The van der Waals surface area contributed by atoms with Crippen molar-refractivity contribution in [3.8, 4) is 0 Å². The molecule has 176 valence electrons. The molecule has 0 unspecified atom stereocenters. The summed E-state index contributed by atoms with van der Waals surface area (Å²) in [5, 5.41) is 2.65. The van der Waals surface area contributed by atoms with Gasteiger partial charge in [-0.2, -0.15) is 11.8 Å². The number of rotatable bonds is 6. The minimum Gasteiger partial charge on any atom is -0.396 e. The Labute approximate surface area is 194 Å². The zero-order valence-corrected chi connectivity index (χ0v) is 19.0. The molecule has 0 aromatic carbocycles. The van der Waals surface area contributed by atoms with E-state index in [-0.39, 0.29) is 36.9 Å². The van der Waals surface area contributed by atoms with Crippen LogP contribution in [0.25, 0.3) is 0 Å². The van der Waals surface area contributed by atoms with Gasteiger partial charge in [0.2, 0.25) is 11.8 Å². The van der Waals surface area contributed by atoms with Crippen molar-refractivity contribution in [3.63, 3.8) is 0 Å². The summed E-state index contributed by atoms with van der Waals surface area (Å²) in [5.74, 6) is 1.63. The van der Waals surface area contributed by atoms with Crippen LogP contribution in [0.2, 0.25) is 0 Å². The molecule has 2 aliphatic heterocycles. The van der Waals surface area contributed by atoms with Crippen molar-refractivity contribution in [1.29, 1.82) is 0 Å². The largest absolute Gasteiger partial charge is 0.396 e. The molecule has 11 nitrogen and oxygen atoms in total. The van der Waals surface area contributed by atoms with E-state index in [2.05, 4.69) is 15.3 Å². The zero-order chi connectivity index (χ0) is 23.4. The van der Waals surface area contributed by atoms with Crippen LogP contribution in [-0.2, 0) is 28.3 Å². The van der Waals surface area contributed by atoms with Gasteiger partial charge in [-0.3, -0.25) is 23.9 Å². The normalized spacial score (nSPS) is 15.8. The van der Waals surface area contributed by atoms with E-state index in [0.717, 1.165) is 11.6 Å². The van der Waals surface area contributed by atoms with E-state index in [9.17, 15) is 19.2 Å². The van der Waals surface area contributed by atoms with Gasteiger partial charge in [0.25, 0.3) is 5.56 Å². The number of hydrogen-bond donors (Lipinski definition) is 3. The number of carbonyl (C=O) groups excluding carboxylic acids is 2. The molecular weight excluding hydrogens is 446 g/mol. The standard InChI is InChI=1S/C21H27N7O4S/c22-15-2-1-5-23-19(15)27-9-7-26(8-10-27)18(30)12-24-17(29)3-6-28-16-4-11-33-13-14(16)20(31)25-21(28)32/h1-2,5H,3-4,6-13,22H2,(H,24,29)(H,25,31,32). The number of amides is 2. The molecule has 4 N–H and O–H groups in total. The smallest absolute Gasteiger partial charge is 0.328 e. The van der Waals surface area contributed by atoms with Crippen molar-refractivity contribution >= 4 is 35.1 Å². The average Bonchev–Trinajstić information content (AvgIpc) is 2.83. The highest BCUT2D eigenvalue weighted by Gasteiger charge is 2.23. The van der Waals surface area contributed by atoms with Crippen molar-refractivity contribution in [2.24, 2.45) is 0 Å². The van der Waals surface area contributed by atoms with Crippen LogP contribution in [0, 0.1) is 0 Å². The molecule has 1 saturated heterocycles.